The molecule has 1 atom stereocenters. The van der Waals surface area contributed by atoms with E-state index in [1.54, 1.807) is 37.3 Å². The van der Waals surface area contributed by atoms with Crippen molar-refractivity contribution in [2.24, 2.45) is 0 Å². The molecular weight excluding hydrogens is 461 g/mol. The Kier molecular flexibility index (Phi) is 5.42. The van der Waals surface area contributed by atoms with Crippen LogP contribution in [0.5, 0.6) is 0 Å². The van der Waals surface area contributed by atoms with Gasteiger partial charge in [-0.05, 0) is 30.7 Å². The van der Waals surface area contributed by atoms with Crippen molar-refractivity contribution >= 4 is 16.7 Å². The zero-order chi connectivity index (χ0) is 24.9. The molecule has 5 rings (SSSR count). The van der Waals surface area contributed by atoms with E-state index in [0.29, 0.717) is 22.0 Å². The quantitative estimate of drug-likeness (QED) is 0.481. The van der Waals surface area contributed by atoms with E-state index in [2.05, 4.69) is 20.4 Å². The topological polar surface area (TPSA) is 96.8 Å². The Balaban J connectivity index is 1.45. The molecule has 1 aliphatic rings. The first-order chi connectivity index (χ1) is 16.6. The standard InChI is InChI=1S/C24H21F3N6O2/c1-13-11-33-20(29-31-23(33)24(2,26)27)12-32(13)22(35)17-9-14(7-8-18(17)25)10-19-15-5-3-4-6-16(15)21(34)30-28-19/h3-9,13H,10-12H2,1-2H3,(H,30,34). The number of alkyl halides is 2. The number of fused-ring (bicyclic) bond motifs is 2. The van der Waals surface area contributed by atoms with Crippen LogP contribution in [-0.2, 0) is 25.4 Å². The predicted octanol–water partition coefficient (Wildman–Crippen LogP) is 3.40. The fourth-order valence-electron chi connectivity index (χ4n) is 4.41. The van der Waals surface area contributed by atoms with E-state index in [-0.39, 0.29) is 36.5 Å². The number of aromatic nitrogens is 5. The van der Waals surface area contributed by atoms with Crippen LogP contribution in [0.2, 0.25) is 0 Å². The minimum Gasteiger partial charge on any atom is -0.327 e. The average Bonchev–Trinajstić information content (AvgIpc) is 3.24. The van der Waals surface area contributed by atoms with Gasteiger partial charge >= 0.3 is 5.92 Å². The molecule has 11 heteroatoms. The number of nitrogens with one attached hydrogen (secondary N) is 1. The van der Waals surface area contributed by atoms with Gasteiger partial charge in [0.05, 0.1) is 23.2 Å². The van der Waals surface area contributed by atoms with Crippen LogP contribution in [0.1, 0.15) is 47.1 Å². The average molecular weight is 482 g/mol. The number of rotatable bonds is 4. The van der Waals surface area contributed by atoms with E-state index in [1.807, 2.05) is 0 Å². The molecule has 3 heterocycles. The first kappa shape index (κ1) is 22.8. The van der Waals surface area contributed by atoms with Crippen LogP contribution < -0.4 is 5.56 Å². The Hall–Kier alpha value is -4.02. The molecule has 180 valence electrons. The van der Waals surface area contributed by atoms with Crippen LogP contribution in [0.4, 0.5) is 13.2 Å². The second-order valence-electron chi connectivity index (χ2n) is 8.76. The number of hydrogen-bond donors (Lipinski definition) is 1. The maximum Gasteiger partial charge on any atom is 0.304 e. The molecule has 0 saturated heterocycles. The molecule has 1 aliphatic heterocycles. The van der Waals surface area contributed by atoms with Gasteiger partial charge in [-0.25, -0.2) is 9.49 Å². The summed E-state index contributed by atoms with van der Waals surface area (Å²) in [6.07, 6.45) is 0.261. The monoisotopic (exact) mass is 482 g/mol. The number of carbonyl (C=O) groups excluding carboxylic acids is 1. The SMILES string of the molecule is CC1Cn2c(nnc2C(C)(F)F)CN1C(=O)c1cc(Cc2n[nH]c(=O)c3ccccc23)ccc1F. The van der Waals surface area contributed by atoms with Crippen LogP contribution in [0.25, 0.3) is 10.8 Å². The lowest BCUT2D eigenvalue weighted by Gasteiger charge is -2.34. The van der Waals surface area contributed by atoms with Crippen molar-refractivity contribution in [3.8, 4) is 0 Å². The highest BCUT2D eigenvalue weighted by molar-refractivity contribution is 5.95. The maximum absolute atomic E-state index is 14.8. The molecule has 0 spiro atoms. The van der Waals surface area contributed by atoms with E-state index < -0.39 is 29.5 Å². The van der Waals surface area contributed by atoms with Gasteiger partial charge in [0.25, 0.3) is 11.5 Å². The van der Waals surface area contributed by atoms with Crippen molar-refractivity contribution in [2.45, 2.75) is 45.3 Å². The lowest BCUT2D eigenvalue weighted by molar-refractivity contribution is 0.000988. The Morgan fingerprint density at radius 2 is 1.91 bits per heavy atom. The molecule has 0 bridgehead atoms. The summed E-state index contributed by atoms with van der Waals surface area (Å²) in [4.78, 5) is 26.8. The second kappa shape index (κ2) is 8.33. The molecule has 8 nitrogen and oxygen atoms in total. The van der Waals surface area contributed by atoms with Crippen molar-refractivity contribution in [3.05, 3.63) is 87.1 Å². The predicted molar refractivity (Wildman–Crippen MR) is 120 cm³/mol. The van der Waals surface area contributed by atoms with Gasteiger partial charge in [0, 0.05) is 31.3 Å². The Morgan fingerprint density at radius 3 is 2.66 bits per heavy atom. The molecular formula is C24H21F3N6O2. The van der Waals surface area contributed by atoms with Crippen LogP contribution in [0.3, 0.4) is 0 Å². The number of halogens is 3. The van der Waals surface area contributed by atoms with Crippen molar-refractivity contribution in [2.75, 3.05) is 0 Å². The zero-order valence-electron chi connectivity index (χ0n) is 18.9. The third-order valence-electron chi connectivity index (χ3n) is 6.18. The van der Waals surface area contributed by atoms with Crippen LogP contribution in [-0.4, -0.2) is 41.8 Å². The number of nitrogens with zero attached hydrogens (tertiary/aromatic N) is 5. The number of aromatic amines is 1. The van der Waals surface area contributed by atoms with Gasteiger partial charge in [0.2, 0.25) is 5.82 Å². The summed E-state index contributed by atoms with van der Waals surface area (Å²) in [5.41, 5.74) is 0.755. The fourth-order valence-corrected chi connectivity index (χ4v) is 4.41. The summed E-state index contributed by atoms with van der Waals surface area (Å²) in [5, 5.41) is 15.2. The third-order valence-corrected chi connectivity index (χ3v) is 6.18. The van der Waals surface area contributed by atoms with E-state index in [4.69, 9.17) is 0 Å². The van der Waals surface area contributed by atoms with Gasteiger partial charge in [-0.2, -0.15) is 13.9 Å². The van der Waals surface area contributed by atoms with Gasteiger partial charge < -0.3 is 9.47 Å². The molecule has 0 radical (unpaired) electrons. The summed E-state index contributed by atoms with van der Waals surface area (Å²) in [5.74, 6) is -4.68. The highest BCUT2D eigenvalue weighted by atomic mass is 19.3. The Bertz CT molecular complexity index is 1510. The first-order valence-electron chi connectivity index (χ1n) is 11.0. The zero-order valence-corrected chi connectivity index (χ0v) is 18.9. The number of carbonyl (C=O) groups is 1. The molecule has 0 fully saturated rings. The summed E-state index contributed by atoms with van der Waals surface area (Å²) in [6, 6.07) is 10.8. The molecule has 2 aromatic carbocycles. The van der Waals surface area contributed by atoms with Crippen LogP contribution in [0, 0.1) is 5.82 Å². The van der Waals surface area contributed by atoms with Gasteiger partial charge in [-0.15, -0.1) is 10.2 Å². The Morgan fingerprint density at radius 1 is 1.17 bits per heavy atom. The highest BCUT2D eigenvalue weighted by Crippen LogP contribution is 2.29. The summed E-state index contributed by atoms with van der Waals surface area (Å²) >= 11 is 0. The molecule has 1 amide bonds. The van der Waals surface area contributed by atoms with Gasteiger partial charge in [-0.3, -0.25) is 9.59 Å². The van der Waals surface area contributed by atoms with Crippen molar-refractivity contribution < 1.29 is 18.0 Å². The largest absolute Gasteiger partial charge is 0.327 e. The number of hydrogen-bond acceptors (Lipinski definition) is 5. The van der Waals surface area contributed by atoms with Gasteiger partial charge in [0.1, 0.15) is 5.82 Å². The molecule has 35 heavy (non-hydrogen) atoms. The molecule has 2 aromatic heterocycles. The van der Waals surface area contributed by atoms with Crippen molar-refractivity contribution in [1.82, 2.24) is 29.9 Å². The normalized spacial score (nSPS) is 15.9. The first-order valence-corrected chi connectivity index (χ1v) is 11.0. The Labute approximate surface area is 197 Å². The lowest BCUT2D eigenvalue weighted by atomic mass is 10.0. The minimum atomic E-state index is -3.17. The maximum atomic E-state index is 14.8. The summed E-state index contributed by atoms with van der Waals surface area (Å²) in [7, 11) is 0. The van der Waals surface area contributed by atoms with E-state index in [1.165, 1.54) is 21.6 Å². The lowest BCUT2D eigenvalue weighted by Crippen LogP contribution is -2.45. The molecule has 1 N–H and O–H groups in total. The smallest absolute Gasteiger partial charge is 0.304 e. The van der Waals surface area contributed by atoms with Crippen molar-refractivity contribution in [1.29, 1.82) is 0 Å². The minimum absolute atomic E-state index is 0.0706. The molecule has 0 saturated carbocycles. The third kappa shape index (κ3) is 4.07. The fraction of sp³-hybridized carbons (Fsp3) is 0.292. The van der Waals surface area contributed by atoms with E-state index >= 15 is 0 Å². The number of H-pyrrole nitrogens is 1. The molecule has 0 aliphatic carbocycles. The van der Waals surface area contributed by atoms with E-state index in [9.17, 15) is 22.8 Å². The van der Waals surface area contributed by atoms with Crippen molar-refractivity contribution in [3.63, 3.8) is 0 Å². The van der Waals surface area contributed by atoms with Gasteiger partial charge in [0.15, 0.2) is 5.82 Å². The molecule has 1 unspecified atom stereocenters. The number of benzene rings is 2. The van der Waals surface area contributed by atoms with Crippen LogP contribution >= 0.6 is 0 Å². The second-order valence-corrected chi connectivity index (χ2v) is 8.76. The summed E-state index contributed by atoms with van der Waals surface area (Å²) < 4.78 is 43.8. The highest BCUT2D eigenvalue weighted by Gasteiger charge is 2.38. The van der Waals surface area contributed by atoms with E-state index in [0.717, 1.165) is 6.92 Å². The van der Waals surface area contributed by atoms with Crippen LogP contribution in [0.15, 0.2) is 47.3 Å². The molecule has 4 aromatic rings. The van der Waals surface area contributed by atoms with Gasteiger partial charge in [-0.1, -0.05) is 24.3 Å². The summed E-state index contributed by atoms with van der Waals surface area (Å²) in [6.45, 7) is 2.45. The number of amides is 1.